The van der Waals surface area contributed by atoms with E-state index >= 15 is 0 Å². The Kier molecular flexibility index (Phi) is 6.16. The number of benzene rings is 1. The molecule has 0 saturated heterocycles. The number of methoxy groups -OCH3 is 1. The minimum Gasteiger partial charge on any atom is -0.495 e. The molecule has 2 amide bonds. The molecule has 2 aromatic rings. The van der Waals surface area contributed by atoms with Gasteiger partial charge in [-0.1, -0.05) is 36.8 Å². The van der Waals surface area contributed by atoms with Crippen LogP contribution in [-0.4, -0.2) is 36.9 Å². The normalized spacial score (nSPS) is 10.2. The highest BCUT2D eigenvalue weighted by molar-refractivity contribution is 7.19. The molecule has 0 radical (unpaired) electrons. The number of nitrogens with zero attached hydrogens (tertiary/aromatic N) is 3. The molecule has 0 aliphatic rings. The number of urea groups is 1. The van der Waals surface area contributed by atoms with Gasteiger partial charge >= 0.3 is 6.03 Å². The Morgan fingerprint density at radius 3 is 2.83 bits per heavy atom. The van der Waals surface area contributed by atoms with Crippen LogP contribution in [0.2, 0.25) is 0 Å². The van der Waals surface area contributed by atoms with Crippen LogP contribution in [0.4, 0.5) is 20.7 Å². The SMILES string of the molecule is CCCCN(C)c1nnc(NC(=O)Nc2ccccc2OC)s1. The lowest BCUT2D eigenvalue weighted by Gasteiger charge is -2.13. The van der Waals surface area contributed by atoms with Gasteiger partial charge in [0.05, 0.1) is 12.8 Å². The van der Waals surface area contributed by atoms with Crippen molar-refractivity contribution in [3.63, 3.8) is 0 Å². The van der Waals surface area contributed by atoms with Gasteiger partial charge in [0.1, 0.15) is 5.75 Å². The fourth-order valence-corrected chi connectivity index (χ4v) is 2.64. The molecule has 0 fully saturated rings. The summed E-state index contributed by atoms with van der Waals surface area (Å²) in [6, 6.07) is 6.83. The first-order valence-electron chi connectivity index (χ1n) is 7.39. The molecule has 1 aromatic heterocycles. The van der Waals surface area contributed by atoms with Crippen LogP contribution < -0.4 is 20.3 Å². The van der Waals surface area contributed by atoms with E-state index in [2.05, 4.69) is 27.8 Å². The van der Waals surface area contributed by atoms with Crippen molar-refractivity contribution in [3.05, 3.63) is 24.3 Å². The maximum absolute atomic E-state index is 12.0. The number of amides is 2. The Morgan fingerprint density at radius 1 is 1.30 bits per heavy atom. The summed E-state index contributed by atoms with van der Waals surface area (Å²) in [4.78, 5) is 14.1. The first kappa shape index (κ1) is 17.0. The maximum atomic E-state index is 12.0. The molecular weight excluding hydrogens is 314 g/mol. The smallest absolute Gasteiger partial charge is 0.325 e. The minimum absolute atomic E-state index is 0.381. The zero-order valence-electron chi connectivity index (χ0n) is 13.5. The average molecular weight is 335 g/mol. The summed E-state index contributed by atoms with van der Waals surface area (Å²) >= 11 is 1.34. The van der Waals surface area contributed by atoms with Crippen molar-refractivity contribution in [1.29, 1.82) is 0 Å². The standard InChI is InChI=1S/C15H21N5O2S/c1-4-5-10-20(2)15-19-18-14(23-15)17-13(21)16-11-8-6-7-9-12(11)22-3/h6-9H,4-5,10H2,1-3H3,(H2,16,17,18,21). The maximum Gasteiger partial charge on any atom is 0.325 e. The molecule has 1 aromatic carbocycles. The van der Waals surface area contributed by atoms with Gasteiger partial charge in [0.25, 0.3) is 0 Å². The van der Waals surface area contributed by atoms with Gasteiger partial charge in [-0.05, 0) is 18.6 Å². The van der Waals surface area contributed by atoms with Crippen molar-refractivity contribution in [2.75, 3.05) is 36.2 Å². The second-order valence-electron chi connectivity index (χ2n) is 4.94. The molecule has 1 heterocycles. The summed E-state index contributed by atoms with van der Waals surface area (Å²) in [7, 11) is 3.52. The number of anilines is 3. The van der Waals surface area contributed by atoms with Gasteiger partial charge in [0.15, 0.2) is 0 Å². The van der Waals surface area contributed by atoms with Crippen molar-refractivity contribution >= 4 is 33.3 Å². The van der Waals surface area contributed by atoms with Crippen LogP contribution in [0.1, 0.15) is 19.8 Å². The van der Waals surface area contributed by atoms with Crippen LogP contribution in [-0.2, 0) is 0 Å². The van der Waals surface area contributed by atoms with Crippen molar-refractivity contribution in [2.24, 2.45) is 0 Å². The van der Waals surface area contributed by atoms with E-state index in [9.17, 15) is 4.79 Å². The molecule has 2 rings (SSSR count). The molecule has 2 N–H and O–H groups in total. The van der Waals surface area contributed by atoms with Gasteiger partial charge in [-0.15, -0.1) is 10.2 Å². The largest absolute Gasteiger partial charge is 0.495 e. The summed E-state index contributed by atoms with van der Waals surface area (Å²) < 4.78 is 5.19. The number of nitrogens with one attached hydrogen (secondary N) is 2. The number of unbranched alkanes of at least 4 members (excludes halogenated alkanes) is 1. The number of hydrogen-bond donors (Lipinski definition) is 2. The van der Waals surface area contributed by atoms with Crippen LogP contribution in [0.25, 0.3) is 0 Å². The molecule has 0 atom stereocenters. The summed E-state index contributed by atoms with van der Waals surface area (Å²) in [5.74, 6) is 0.597. The van der Waals surface area contributed by atoms with Crippen molar-refractivity contribution in [1.82, 2.24) is 10.2 Å². The molecule has 0 unspecified atom stereocenters. The van der Waals surface area contributed by atoms with Crippen LogP contribution in [0.5, 0.6) is 5.75 Å². The third kappa shape index (κ3) is 4.82. The van der Waals surface area contributed by atoms with Crippen LogP contribution in [0.3, 0.4) is 0 Å². The van der Waals surface area contributed by atoms with Gasteiger partial charge in [-0.2, -0.15) is 0 Å². The molecule has 7 nitrogen and oxygen atoms in total. The Morgan fingerprint density at radius 2 is 2.09 bits per heavy atom. The monoisotopic (exact) mass is 335 g/mol. The quantitative estimate of drug-likeness (QED) is 0.810. The van der Waals surface area contributed by atoms with E-state index in [0.29, 0.717) is 16.6 Å². The Hall–Kier alpha value is -2.35. The molecule has 124 valence electrons. The fourth-order valence-electron chi connectivity index (χ4n) is 1.91. The average Bonchev–Trinajstić information content (AvgIpc) is 3.01. The topological polar surface area (TPSA) is 79.4 Å². The lowest BCUT2D eigenvalue weighted by atomic mass is 10.3. The van der Waals surface area contributed by atoms with Crippen molar-refractivity contribution in [3.8, 4) is 5.75 Å². The molecule has 0 aliphatic carbocycles. The first-order valence-corrected chi connectivity index (χ1v) is 8.21. The Bertz CT molecular complexity index is 646. The lowest BCUT2D eigenvalue weighted by Crippen LogP contribution is -2.19. The third-order valence-electron chi connectivity index (χ3n) is 3.16. The summed E-state index contributed by atoms with van der Waals surface area (Å²) in [6.45, 7) is 3.06. The van der Waals surface area contributed by atoms with Crippen LogP contribution in [0, 0.1) is 0 Å². The van der Waals surface area contributed by atoms with Crippen LogP contribution in [0.15, 0.2) is 24.3 Å². The Balaban J connectivity index is 1.94. The van der Waals surface area contributed by atoms with E-state index in [1.165, 1.54) is 11.3 Å². The molecule has 0 spiro atoms. The van der Waals surface area contributed by atoms with Crippen LogP contribution >= 0.6 is 11.3 Å². The van der Waals surface area contributed by atoms with E-state index < -0.39 is 0 Å². The molecule has 8 heteroatoms. The number of para-hydroxylation sites is 2. The number of aromatic nitrogens is 2. The highest BCUT2D eigenvalue weighted by Gasteiger charge is 2.12. The molecular formula is C15H21N5O2S. The predicted octanol–water partition coefficient (Wildman–Crippen LogP) is 3.43. The highest BCUT2D eigenvalue weighted by Crippen LogP contribution is 2.25. The van der Waals surface area contributed by atoms with Gasteiger partial charge < -0.3 is 15.0 Å². The number of ether oxygens (including phenoxy) is 1. The molecule has 0 aliphatic heterocycles. The second kappa shape index (κ2) is 8.33. The predicted molar refractivity (Wildman–Crippen MR) is 93.7 cm³/mol. The third-order valence-corrected chi connectivity index (χ3v) is 4.12. The zero-order chi connectivity index (χ0) is 16.7. The summed E-state index contributed by atoms with van der Waals surface area (Å²) in [6.07, 6.45) is 2.21. The van der Waals surface area contributed by atoms with Gasteiger partial charge in [-0.3, -0.25) is 5.32 Å². The zero-order valence-corrected chi connectivity index (χ0v) is 14.3. The van der Waals surface area contributed by atoms with E-state index in [0.717, 1.165) is 24.5 Å². The minimum atomic E-state index is -0.381. The molecule has 0 saturated carbocycles. The lowest BCUT2D eigenvalue weighted by molar-refractivity contribution is 0.262. The number of carbonyl (C=O) groups excluding carboxylic acids is 1. The van der Waals surface area contributed by atoms with E-state index in [1.807, 2.05) is 24.1 Å². The van der Waals surface area contributed by atoms with Gasteiger partial charge in [0.2, 0.25) is 10.3 Å². The van der Waals surface area contributed by atoms with Crippen molar-refractivity contribution in [2.45, 2.75) is 19.8 Å². The second-order valence-corrected chi connectivity index (χ2v) is 5.90. The number of carbonyl (C=O) groups is 1. The first-order chi connectivity index (χ1) is 11.1. The molecule has 23 heavy (non-hydrogen) atoms. The Labute approximate surface area is 139 Å². The van der Waals surface area contributed by atoms with Crippen molar-refractivity contribution < 1.29 is 9.53 Å². The van der Waals surface area contributed by atoms with Gasteiger partial charge in [-0.25, -0.2) is 4.79 Å². The van der Waals surface area contributed by atoms with E-state index in [1.54, 1.807) is 19.2 Å². The van der Waals surface area contributed by atoms with E-state index in [4.69, 9.17) is 4.74 Å². The van der Waals surface area contributed by atoms with E-state index in [-0.39, 0.29) is 6.03 Å². The highest BCUT2D eigenvalue weighted by atomic mass is 32.1. The number of hydrogen-bond acceptors (Lipinski definition) is 6. The van der Waals surface area contributed by atoms with Gasteiger partial charge in [0, 0.05) is 13.6 Å². The molecule has 0 bridgehead atoms. The fraction of sp³-hybridized carbons (Fsp3) is 0.400. The summed E-state index contributed by atoms with van der Waals surface area (Å²) in [5.41, 5.74) is 0.595. The summed E-state index contributed by atoms with van der Waals surface area (Å²) in [5, 5.41) is 14.7. The number of rotatable bonds is 7.